The van der Waals surface area contributed by atoms with Crippen molar-refractivity contribution >= 4 is 28.9 Å². The lowest BCUT2D eigenvalue weighted by Gasteiger charge is -2.08. The van der Waals surface area contributed by atoms with Crippen molar-refractivity contribution in [3.05, 3.63) is 58.9 Å². The van der Waals surface area contributed by atoms with Gasteiger partial charge in [0.15, 0.2) is 0 Å². The quantitative estimate of drug-likeness (QED) is 0.910. The minimum absolute atomic E-state index is 0.0918. The summed E-state index contributed by atoms with van der Waals surface area (Å²) in [5, 5.41) is 14.5. The zero-order valence-corrected chi connectivity index (χ0v) is 11.6. The zero-order valence-electron chi connectivity index (χ0n) is 10.9. The number of halogens is 2. The van der Waals surface area contributed by atoms with Gasteiger partial charge in [-0.15, -0.1) is 0 Å². The van der Waals surface area contributed by atoms with Gasteiger partial charge in [0.2, 0.25) is 5.91 Å². The number of hydrogen-bond acceptors (Lipinski definition) is 3. The van der Waals surface area contributed by atoms with Crippen LogP contribution in [0.4, 0.5) is 15.8 Å². The monoisotopic (exact) mass is 303 g/mol. The molecule has 1 amide bonds. The lowest BCUT2D eigenvalue weighted by Crippen LogP contribution is -2.22. The average molecular weight is 304 g/mol. The molecule has 0 saturated carbocycles. The first-order valence-corrected chi connectivity index (χ1v) is 6.45. The number of nitrogens with one attached hydrogen (secondary N) is 2. The van der Waals surface area contributed by atoms with E-state index >= 15 is 0 Å². The van der Waals surface area contributed by atoms with Crippen LogP contribution in [-0.4, -0.2) is 12.5 Å². The minimum Gasteiger partial charge on any atom is -0.374 e. The molecule has 0 heterocycles. The first kappa shape index (κ1) is 14.8. The normalized spacial score (nSPS) is 9.76. The van der Waals surface area contributed by atoms with Crippen molar-refractivity contribution < 1.29 is 9.18 Å². The SMILES string of the molecule is N#Cc1ccc(NCC(=O)Nc2ccc(Cl)cc2)c(F)c1. The largest absolute Gasteiger partial charge is 0.374 e. The maximum absolute atomic E-state index is 13.6. The number of nitrogens with zero attached hydrogens (tertiary/aromatic N) is 1. The third-order valence-corrected chi connectivity index (χ3v) is 2.92. The molecule has 0 atom stereocenters. The molecule has 6 heteroatoms. The second-order valence-electron chi connectivity index (χ2n) is 4.22. The highest BCUT2D eigenvalue weighted by atomic mass is 35.5. The molecule has 2 rings (SSSR count). The molecule has 0 radical (unpaired) electrons. The van der Waals surface area contributed by atoms with Gasteiger partial charge in [-0.1, -0.05) is 11.6 Å². The summed E-state index contributed by atoms with van der Waals surface area (Å²) in [6.45, 7) is -0.0918. The number of hydrogen-bond donors (Lipinski definition) is 2. The first-order valence-electron chi connectivity index (χ1n) is 6.07. The van der Waals surface area contributed by atoms with Gasteiger partial charge in [0.25, 0.3) is 0 Å². The summed E-state index contributed by atoms with van der Waals surface area (Å²) in [7, 11) is 0. The Bertz CT molecular complexity index is 695. The molecule has 2 aromatic carbocycles. The number of rotatable bonds is 4. The maximum Gasteiger partial charge on any atom is 0.243 e. The Kier molecular flexibility index (Phi) is 4.75. The van der Waals surface area contributed by atoms with Gasteiger partial charge in [-0.2, -0.15) is 5.26 Å². The second-order valence-corrected chi connectivity index (χ2v) is 4.65. The van der Waals surface area contributed by atoms with E-state index < -0.39 is 5.82 Å². The van der Waals surface area contributed by atoms with Gasteiger partial charge in [0.1, 0.15) is 5.82 Å². The van der Waals surface area contributed by atoms with Crippen LogP contribution in [-0.2, 0) is 4.79 Å². The third kappa shape index (κ3) is 4.20. The van der Waals surface area contributed by atoms with E-state index in [2.05, 4.69) is 10.6 Å². The zero-order chi connectivity index (χ0) is 15.2. The number of amides is 1. The van der Waals surface area contributed by atoms with E-state index in [1.165, 1.54) is 12.1 Å². The van der Waals surface area contributed by atoms with E-state index in [1.54, 1.807) is 24.3 Å². The van der Waals surface area contributed by atoms with E-state index in [1.807, 2.05) is 6.07 Å². The number of nitriles is 1. The molecule has 0 aliphatic rings. The number of carbonyl (C=O) groups excluding carboxylic acids is 1. The standard InChI is InChI=1S/C15H11ClFN3O/c16-11-2-4-12(5-3-11)20-15(21)9-19-14-6-1-10(8-18)7-13(14)17/h1-7,19H,9H2,(H,20,21). The molecule has 0 aromatic heterocycles. The van der Waals surface area contributed by atoms with Crippen molar-refractivity contribution in [1.29, 1.82) is 5.26 Å². The Labute approximate surface area is 126 Å². The molecule has 0 saturated heterocycles. The summed E-state index contributed by atoms with van der Waals surface area (Å²) in [6.07, 6.45) is 0. The molecular weight excluding hydrogens is 293 g/mol. The van der Waals surface area contributed by atoms with Crippen molar-refractivity contribution in [2.45, 2.75) is 0 Å². The highest BCUT2D eigenvalue weighted by molar-refractivity contribution is 6.30. The molecule has 0 aliphatic carbocycles. The molecular formula is C15H11ClFN3O. The van der Waals surface area contributed by atoms with Crippen molar-refractivity contribution in [2.24, 2.45) is 0 Å². The van der Waals surface area contributed by atoms with Gasteiger partial charge in [-0.05, 0) is 42.5 Å². The van der Waals surface area contributed by atoms with Crippen LogP contribution in [0.15, 0.2) is 42.5 Å². The van der Waals surface area contributed by atoms with Crippen molar-refractivity contribution in [1.82, 2.24) is 0 Å². The van der Waals surface area contributed by atoms with Crippen LogP contribution in [0.2, 0.25) is 5.02 Å². The molecule has 21 heavy (non-hydrogen) atoms. The van der Waals surface area contributed by atoms with Crippen molar-refractivity contribution in [3.63, 3.8) is 0 Å². The van der Waals surface area contributed by atoms with E-state index in [-0.39, 0.29) is 23.7 Å². The number of carbonyl (C=O) groups is 1. The van der Waals surface area contributed by atoms with E-state index in [4.69, 9.17) is 16.9 Å². The third-order valence-electron chi connectivity index (χ3n) is 2.67. The average Bonchev–Trinajstić information content (AvgIpc) is 2.48. The van der Waals surface area contributed by atoms with Gasteiger partial charge in [0.05, 0.1) is 23.9 Å². The van der Waals surface area contributed by atoms with Gasteiger partial charge in [0, 0.05) is 10.7 Å². The summed E-state index contributed by atoms with van der Waals surface area (Å²) >= 11 is 5.74. The van der Waals surface area contributed by atoms with Crippen LogP contribution >= 0.6 is 11.6 Å². The van der Waals surface area contributed by atoms with Crippen LogP contribution in [0, 0.1) is 17.1 Å². The highest BCUT2D eigenvalue weighted by Crippen LogP contribution is 2.16. The highest BCUT2D eigenvalue weighted by Gasteiger charge is 2.06. The summed E-state index contributed by atoms with van der Waals surface area (Å²) in [4.78, 5) is 11.7. The smallest absolute Gasteiger partial charge is 0.243 e. The molecule has 2 aromatic rings. The fourth-order valence-electron chi connectivity index (χ4n) is 1.64. The Morgan fingerprint density at radius 2 is 1.95 bits per heavy atom. The fourth-order valence-corrected chi connectivity index (χ4v) is 1.77. The van der Waals surface area contributed by atoms with Crippen LogP contribution in [0.3, 0.4) is 0 Å². The molecule has 4 nitrogen and oxygen atoms in total. The van der Waals surface area contributed by atoms with Crippen molar-refractivity contribution in [2.75, 3.05) is 17.2 Å². The van der Waals surface area contributed by atoms with Crippen LogP contribution in [0.5, 0.6) is 0 Å². The second kappa shape index (κ2) is 6.73. The predicted molar refractivity (Wildman–Crippen MR) is 79.7 cm³/mol. The number of benzene rings is 2. The minimum atomic E-state index is -0.576. The first-order chi connectivity index (χ1) is 10.1. The van der Waals surface area contributed by atoms with Crippen LogP contribution in [0.25, 0.3) is 0 Å². The van der Waals surface area contributed by atoms with E-state index in [9.17, 15) is 9.18 Å². The summed E-state index contributed by atoms with van der Waals surface area (Å²) in [6, 6.07) is 12.5. The molecule has 2 N–H and O–H groups in total. The lowest BCUT2D eigenvalue weighted by molar-refractivity contribution is -0.114. The molecule has 0 fully saturated rings. The van der Waals surface area contributed by atoms with Gasteiger partial charge in [-0.3, -0.25) is 4.79 Å². The van der Waals surface area contributed by atoms with E-state index in [0.29, 0.717) is 10.7 Å². The molecule has 0 spiro atoms. The maximum atomic E-state index is 13.6. The van der Waals surface area contributed by atoms with E-state index in [0.717, 1.165) is 6.07 Å². The Morgan fingerprint density at radius 3 is 2.57 bits per heavy atom. The summed E-state index contributed by atoms with van der Waals surface area (Å²) in [5.74, 6) is -0.894. The van der Waals surface area contributed by atoms with Gasteiger partial charge in [-0.25, -0.2) is 4.39 Å². The summed E-state index contributed by atoms with van der Waals surface area (Å²) < 4.78 is 13.6. The Balaban J connectivity index is 1.92. The van der Waals surface area contributed by atoms with Crippen molar-refractivity contribution in [3.8, 4) is 6.07 Å². The molecule has 106 valence electrons. The van der Waals surface area contributed by atoms with Gasteiger partial charge >= 0.3 is 0 Å². The van der Waals surface area contributed by atoms with Crippen LogP contribution < -0.4 is 10.6 Å². The topological polar surface area (TPSA) is 64.9 Å². The Morgan fingerprint density at radius 1 is 1.24 bits per heavy atom. The molecule has 0 aliphatic heterocycles. The van der Waals surface area contributed by atoms with Crippen LogP contribution in [0.1, 0.15) is 5.56 Å². The van der Waals surface area contributed by atoms with Gasteiger partial charge < -0.3 is 10.6 Å². The predicted octanol–water partition coefficient (Wildman–Crippen LogP) is 3.40. The lowest BCUT2D eigenvalue weighted by atomic mass is 10.2. The Hall–Kier alpha value is -2.58. The number of anilines is 2. The summed E-state index contributed by atoms with van der Waals surface area (Å²) in [5.41, 5.74) is 0.996. The molecule has 0 unspecified atom stereocenters. The molecule has 0 bridgehead atoms. The fraction of sp³-hybridized carbons (Fsp3) is 0.0667.